The molecule has 4 N–H and O–H groups in total. The summed E-state index contributed by atoms with van der Waals surface area (Å²) in [5.41, 5.74) is -0.296. The molecule has 1 aromatic heterocycles. The second-order valence-electron chi connectivity index (χ2n) is 8.95. The van der Waals surface area contributed by atoms with E-state index in [9.17, 15) is 15.0 Å². The third-order valence-corrected chi connectivity index (χ3v) is 5.96. The summed E-state index contributed by atoms with van der Waals surface area (Å²) in [6, 6.07) is 10.8. The van der Waals surface area contributed by atoms with E-state index in [4.69, 9.17) is 0 Å². The highest BCUT2D eigenvalue weighted by Gasteiger charge is 2.47. The second-order valence-corrected chi connectivity index (χ2v) is 8.95. The van der Waals surface area contributed by atoms with Gasteiger partial charge in [0.15, 0.2) is 11.5 Å². The van der Waals surface area contributed by atoms with Crippen molar-refractivity contribution < 1.29 is 15.0 Å². The first-order valence-corrected chi connectivity index (χ1v) is 11.0. The number of hydrogen-bond acceptors (Lipinski definition) is 8. The van der Waals surface area contributed by atoms with Gasteiger partial charge >= 0.3 is 0 Å². The van der Waals surface area contributed by atoms with Gasteiger partial charge < -0.3 is 25.3 Å². The lowest BCUT2D eigenvalue weighted by atomic mass is 9.79. The number of rotatable bonds is 8. The Hall–Kier alpha value is -3.04. The van der Waals surface area contributed by atoms with Crippen LogP contribution >= 0.6 is 0 Å². The third kappa shape index (κ3) is 4.18. The topological polar surface area (TPSA) is 101 Å². The zero-order valence-electron chi connectivity index (χ0n) is 19.5. The number of nitrogens with zero attached hydrogens (tertiary/aromatic N) is 3. The normalized spacial score (nSPS) is 17.5. The van der Waals surface area contributed by atoms with Crippen molar-refractivity contribution in [3.63, 3.8) is 0 Å². The van der Waals surface area contributed by atoms with Gasteiger partial charge in [0, 0.05) is 49.0 Å². The van der Waals surface area contributed by atoms with E-state index >= 15 is 0 Å². The van der Waals surface area contributed by atoms with Gasteiger partial charge in [-0.2, -0.15) is 0 Å². The van der Waals surface area contributed by atoms with Crippen LogP contribution in [-0.2, 0) is 5.72 Å². The number of pyridine rings is 1. The van der Waals surface area contributed by atoms with Crippen LogP contribution in [0.3, 0.4) is 0 Å². The molecular weight excluding hydrogens is 418 g/mol. The van der Waals surface area contributed by atoms with Crippen LogP contribution in [0, 0.1) is 0 Å². The van der Waals surface area contributed by atoms with Crippen LogP contribution < -0.4 is 10.6 Å². The van der Waals surface area contributed by atoms with Crippen molar-refractivity contribution in [3.05, 3.63) is 65.0 Å². The van der Waals surface area contributed by atoms with Crippen LogP contribution in [0.2, 0.25) is 0 Å². The fourth-order valence-corrected chi connectivity index (χ4v) is 4.29. The Morgan fingerprint density at radius 2 is 1.73 bits per heavy atom. The van der Waals surface area contributed by atoms with Gasteiger partial charge in [-0.1, -0.05) is 24.3 Å². The predicted octanol–water partition coefficient (Wildman–Crippen LogP) is 1.80. The Morgan fingerprint density at radius 1 is 1.03 bits per heavy atom. The predicted molar refractivity (Wildman–Crippen MR) is 130 cm³/mol. The number of benzene rings is 2. The Kier molecular flexibility index (Phi) is 6.36. The van der Waals surface area contributed by atoms with E-state index in [0.717, 1.165) is 11.9 Å². The van der Waals surface area contributed by atoms with Gasteiger partial charge in [-0.05, 0) is 45.7 Å². The molecule has 1 heterocycles. The quantitative estimate of drug-likeness (QED) is 0.386. The van der Waals surface area contributed by atoms with Gasteiger partial charge in [0.2, 0.25) is 0 Å². The number of phenols is 1. The van der Waals surface area contributed by atoms with Gasteiger partial charge in [0.05, 0.1) is 11.1 Å². The summed E-state index contributed by atoms with van der Waals surface area (Å²) in [5.74, 6) is -0.393. The lowest BCUT2D eigenvalue weighted by molar-refractivity contribution is 0.0309. The van der Waals surface area contributed by atoms with Crippen LogP contribution in [0.1, 0.15) is 27.2 Å². The molecule has 33 heavy (non-hydrogen) atoms. The summed E-state index contributed by atoms with van der Waals surface area (Å²) >= 11 is 0. The van der Waals surface area contributed by atoms with Gasteiger partial charge in [-0.25, -0.2) is 0 Å². The zero-order valence-corrected chi connectivity index (χ0v) is 19.5. The summed E-state index contributed by atoms with van der Waals surface area (Å²) < 4.78 is 0. The smallest absolute Gasteiger partial charge is 0.197 e. The van der Waals surface area contributed by atoms with E-state index in [1.54, 1.807) is 24.4 Å². The van der Waals surface area contributed by atoms with Crippen molar-refractivity contribution in [1.29, 1.82) is 0 Å². The molecule has 0 radical (unpaired) electrons. The van der Waals surface area contributed by atoms with E-state index in [1.807, 2.05) is 56.2 Å². The number of carbonyl (C=O) groups is 1. The molecule has 1 aliphatic carbocycles. The summed E-state index contributed by atoms with van der Waals surface area (Å²) in [6.45, 7) is 2.47. The van der Waals surface area contributed by atoms with Crippen LogP contribution in [0.25, 0.3) is 10.8 Å². The average molecular weight is 450 g/mol. The molecule has 3 aromatic rings. The number of anilines is 1. The lowest BCUT2D eigenvalue weighted by Crippen LogP contribution is -2.50. The second kappa shape index (κ2) is 9.07. The molecular formula is C25H31N5O3. The summed E-state index contributed by atoms with van der Waals surface area (Å²) in [6.07, 6.45) is 1.58. The monoisotopic (exact) mass is 449 g/mol. The fraction of sp³-hybridized carbons (Fsp3) is 0.360. The van der Waals surface area contributed by atoms with Crippen molar-refractivity contribution >= 4 is 22.2 Å². The van der Waals surface area contributed by atoms with Crippen molar-refractivity contribution in [2.75, 3.05) is 59.7 Å². The van der Waals surface area contributed by atoms with Crippen molar-refractivity contribution in [1.82, 2.24) is 20.1 Å². The third-order valence-electron chi connectivity index (χ3n) is 5.96. The number of aromatic nitrogens is 1. The molecule has 0 amide bonds. The van der Waals surface area contributed by atoms with Crippen LogP contribution in [-0.4, -0.2) is 85.1 Å². The molecule has 8 nitrogen and oxygen atoms in total. The fourth-order valence-electron chi connectivity index (χ4n) is 4.29. The Bertz CT molecular complexity index is 1190. The molecule has 1 atom stereocenters. The number of ketones is 1. The van der Waals surface area contributed by atoms with Crippen molar-refractivity contribution in [2.24, 2.45) is 0 Å². The standard InChI is InChI=1S/C25H31N5O3/c1-29(2)13-11-26-19-9-10-27-24-20(19)22(31)18-15-16-7-5-6-8-17(16)23(32)21(18)25(24,33)28-12-14-30(3)4/h5-10,15,28,32-33H,11-14H2,1-4H3,(H,26,27). The largest absolute Gasteiger partial charge is 0.507 e. The average Bonchev–Trinajstić information content (AvgIpc) is 2.77. The molecule has 4 rings (SSSR count). The first kappa shape index (κ1) is 23.1. The molecule has 1 aliphatic rings. The van der Waals surface area contributed by atoms with Crippen LogP contribution in [0.5, 0.6) is 5.75 Å². The maximum Gasteiger partial charge on any atom is 0.197 e. The maximum absolute atomic E-state index is 13.7. The minimum Gasteiger partial charge on any atom is -0.507 e. The first-order valence-electron chi connectivity index (χ1n) is 11.0. The van der Waals surface area contributed by atoms with Gasteiger partial charge in [-0.3, -0.25) is 15.1 Å². The van der Waals surface area contributed by atoms with E-state index in [0.29, 0.717) is 36.3 Å². The molecule has 1 unspecified atom stereocenters. The molecule has 0 bridgehead atoms. The Morgan fingerprint density at radius 3 is 2.45 bits per heavy atom. The minimum atomic E-state index is -1.83. The Labute approximate surface area is 193 Å². The molecule has 0 saturated carbocycles. The number of likely N-dealkylation sites (N-methyl/N-ethyl adjacent to an activating group) is 2. The summed E-state index contributed by atoms with van der Waals surface area (Å²) in [4.78, 5) is 22.2. The van der Waals surface area contributed by atoms with E-state index in [-0.39, 0.29) is 28.4 Å². The van der Waals surface area contributed by atoms with E-state index in [1.165, 1.54) is 0 Å². The molecule has 2 aromatic carbocycles. The number of nitrogens with one attached hydrogen (secondary N) is 2. The highest BCUT2D eigenvalue weighted by Crippen LogP contribution is 2.46. The van der Waals surface area contributed by atoms with Gasteiger partial charge in [0.25, 0.3) is 0 Å². The molecule has 0 saturated heterocycles. The minimum absolute atomic E-state index is 0.116. The number of carbonyl (C=O) groups excluding carboxylic acids is 1. The summed E-state index contributed by atoms with van der Waals surface area (Å²) in [7, 11) is 7.83. The SMILES string of the molecule is CN(C)CCNc1ccnc2c1C(=O)c1cc3ccccc3c(O)c1C2(O)NCCN(C)C. The van der Waals surface area contributed by atoms with E-state index < -0.39 is 5.72 Å². The zero-order chi connectivity index (χ0) is 23.8. The highest BCUT2D eigenvalue weighted by molar-refractivity contribution is 6.18. The number of phenolic OH excluding ortho intramolecular Hbond substituents is 1. The van der Waals surface area contributed by atoms with Crippen LogP contribution in [0.4, 0.5) is 5.69 Å². The number of aromatic hydroxyl groups is 1. The van der Waals surface area contributed by atoms with Crippen molar-refractivity contribution in [3.8, 4) is 5.75 Å². The molecule has 0 aliphatic heterocycles. The molecule has 174 valence electrons. The van der Waals surface area contributed by atoms with Crippen LogP contribution in [0.15, 0.2) is 42.6 Å². The Balaban J connectivity index is 1.90. The molecule has 0 spiro atoms. The summed E-state index contributed by atoms with van der Waals surface area (Å²) in [5, 5.41) is 31.1. The van der Waals surface area contributed by atoms with Gasteiger partial charge in [0.1, 0.15) is 11.4 Å². The van der Waals surface area contributed by atoms with Crippen molar-refractivity contribution in [2.45, 2.75) is 5.72 Å². The number of aliphatic hydroxyl groups is 1. The first-order chi connectivity index (χ1) is 15.7. The number of hydrogen-bond donors (Lipinski definition) is 4. The molecule has 0 fully saturated rings. The van der Waals surface area contributed by atoms with E-state index in [2.05, 4.69) is 15.6 Å². The molecule has 8 heteroatoms. The van der Waals surface area contributed by atoms with Gasteiger partial charge in [-0.15, -0.1) is 0 Å². The lowest BCUT2D eigenvalue weighted by Gasteiger charge is -2.37. The number of fused-ring (bicyclic) bond motifs is 3. The maximum atomic E-state index is 13.7. The highest BCUT2D eigenvalue weighted by atomic mass is 16.3.